The molecule has 0 saturated heterocycles. The third kappa shape index (κ3) is 8.53. The van der Waals surface area contributed by atoms with Gasteiger partial charge in [0, 0.05) is 38.2 Å². The Morgan fingerprint density at radius 3 is 2.80 bits per heavy atom. The maximum atomic E-state index is 12.7. The second-order valence-electron chi connectivity index (χ2n) is 8.84. The molecule has 3 rings (SSSR count). The number of aromatic nitrogens is 2. The quantitative estimate of drug-likeness (QED) is 0.298. The fraction of sp³-hybridized carbons (Fsp3) is 0.481. The van der Waals surface area contributed by atoms with Crippen molar-refractivity contribution < 1.29 is 14.3 Å². The van der Waals surface area contributed by atoms with Crippen molar-refractivity contribution in [2.24, 2.45) is 5.92 Å². The number of carbonyl (C=O) groups excluding carboxylic acids is 1. The van der Waals surface area contributed by atoms with Gasteiger partial charge < -0.3 is 24.7 Å². The zero-order chi connectivity index (χ0) is 25.0. The molecule has 8 heteroatoms. The van der Waals surface area contributed by atoms with Gasteiger partial charge >= 0.3 is 0 Å². The van der Waals surface area contributed by atoms with Crippen molar-refractivity contribution in [2.45, 2.75) is 46.2 Å². The minimum Gasteiger partial charge on any atom is -0.492 e. The number of ether oxygens (including phenoxy) is 2. The van der Waals surface area contributed by atoms with E-state index >= 15 is 0 Å². The molecular weight excluding hydrogens is 464 g/mol. The molecule has 2 N–H and O–H groups in total. The summed E-state index contributed by atoms with van der Waals surface area (Å²) in [5.41, 5.74) is 3.06. The number of hydrogen-bond donors (Lipinski definition) is 2. The van der Waals surface area contributed by atoms with Crippen molar-refractivity contribution in [3.05, 3.63) is 58.9 Å². The molecule has 0 aliphatic carbocycles. The van der Waals surface area contributed by atoms with Gasteiger partial charge in [-0.25, -0.2) is 4.98 Å². The Bertz CT molecular complexity index is 1090. The lowest BCUT2D eigenvalue weighted by atomic mass is 9.97. The Morgan fingerprint density at radius 2 is 2.00 bits per heavy atom. The molecule has 1 heterocycles. The average molecular weight is 501 g/mol. The number of halogens is 1. The largest absolute Gasteiger partial charge is 0.492 e. The van der Waals surface area contributed by atoms with Gasteiger partial charge in [0.2, 0.25) is 5.91 Å². The number of imidazole rings is 1. The number of rotatable bonds is 15. The van der Waals surface area contributed by atoms with Crippen LogP contribution in [0.15, 0.2) is 42.5 Å². The lowest BCUT2D eigenvalue weighted by Crippen LogP contribution is -2.26. The Hall–Kier alpha value is -2.61. The average Bonchev–Trinajstić information content (AvgIpc) is 3.17. The van der Waals surface area contributed by atoms with E-state index in [1.54, 1.807) is 7.11 Å². The van der Waals surface area contributed by atoms with E-state index in [1.807, 2.05) is 30.3 Å². The van der Waals surface area contributed by atoms with Crippen LogP contribution in [0.2, 0.25) is 5.02 Å². The highest BCUT2D eigenvalue weighted by molar-refractivity contribution is 6.31. The fourth-order valence-electron chi connectivity index (χ4n) is 4.10. The molecule has 0 aliphatic heterocycles. The van der Waals surface area contributed by atoms with E-state index in [9.17, 15) is 4.79 Å². The molecule has 35 heavy (non-hydrogen) atoms. The summed E-state index contributed by atoms with van der Waals surface area (Å²) in [7, 11) is 1.69. The lowest BCUT2D eigenvalue weighted by Gasteiger charge is -2.14. The van der Waals surface area contributed by atoms with Gasteiger partial charge in [0.1, 0.15) is 18.2 Å². The summed E-state index contributed by atoms with van der Waals surface area (Å²) < 4.78 is 13.0. The number of aryl methyl sites for hydroxylation is 1. The summed E-state index contributed by atoms with van der Waals surface area (Å²) in [6.07, 6.45) is 2.24. The highest BCUT2D eigenvalue weighted by atomic mass is 35.5. The second kappa shape index (κ2) is 14.1. The number of benzene rings is 2. The molecule has 0 spiro atoms. The summed E-state index contributed by atoms with van der Waals surface area (Å²) >= 11 is 6.18. The molecule has 0 bridgehead atoms. The standard InChI is InChI=1S/C27H37ClN4O3/c1-4-12-32-25-18-22(28)8-9-24(25)31-26(32)19-30-27(33)16-20(2)15-21-6-5-7-23(17-21)35-14-11-29-10-13-34-3/h5-9,17-18,20,29H,4,10-16,19H2,1-3H3,(H,30,33). The predicted octanol–water partition coefficient (Wildman–Crippen LogP) is 4.60. The summed E-state index contributed by atoms with van der Waals surface area (Å²) in [5.74, 6) is 1.93. The molecule has 1 atom stereocenters. The number of fused-ring (bicyclic) bond motifs is 1. The number of amides is 1. The fourth-order valence-corrected chi connectivity index (χ4v) is 4.26. The molecule has 0 radical (unpaired) electrons. The van der Waals surface area contributed by atoms with Crippen molar-refractivity contribution in [1.29, 1.82) is 0 Å². The summed E-state index contributed by atoms with van der Waals surface area (Å²) in [5, 5.41) is 7.00. The monoisotopic (exact) mass is 500 g/mol. The highest BCUT2D eigenvalue weighted by Crippen LogP contribution is 2.22. The first-order valence-corrected chi connectivity index (χ1v) is 12.7. The van der Waals surface area contributed by atoms with E-state index in [4.69, 9.17) is 26.1 Å². The molecule has 1 unspecified atom stereocenters. The van der Waals surface area contributed by atoms with Gasteiger partial charge in [-0.05, 0) is 54.7 Å². The lowest BCUT2D eigenvalue weighted by molar-refractivity contribution is -0.122. The summed E-state index contributed by atoms with van der Waals surface area (Å²) in [6.45, 7) is 8.32. The van der Waals surface area contributed by atoms with Crippen LogP contribution in [0.3, 0.4) is 0 Å². The van der Waals surface area contributed by atoms with E-state index < -0.39 is 0 Å². The molecule has 2 aromatic carbocycles. The van der Waals surface area contributed by atoms with Crippen LogP contribution in [0.25, 0.3) is 11.0 Å². The van der Waals surface area contributed by atoms with Gasteiger partial charge in [-0.3, -0.25) is 4.79 Å². The van der Waals surface area contributed by atoms with Gasteiger partial charge in [0.15, 0.2) is 0 Å². The van der Waals surface area contributed by atoms with E-state index in [2.05, 4.69) is 41.2 Å². The summed E-state index contributed by atoms with van der Waals surface area (Å²) in [4.78, 5) is 17.4. The van der Waals surface area contributed by atoms with Crippen LogP contribution in [0.4, 0.5) is 0 Å². The van der Waals surface area contributed by atoms with Crippen molar-refractivity contribution in [3.8, 4) is 5.75 Å². The number of carbonyl (C=O) groups is 1. The molecular formula is C27H37ClN4O3. The van der Waals surface area contributed by atoms with Gasteiger partial charge in [0.25, 0.3) is 0 Å². The Balaban J connectivity index is 1.47. The van der Waals surface area contributed by atoms with Crippen LogP contribution in [0.1, 0.15) is 38.1 Å². The van der Waals surface area contributed by atoms with Gasteiger partial charge in [-0.15, -0.1) is 0 Å². The zero-order valence-electron chi connectivity index (χ0n) is 21.0. The molecule has 0 fully saturated rings. The van der Waals surface area contributed by atoms with Gasteiger partial charge in [0.05, 0.1) is 24.2 Å². The van der Waals surface area contributed by atoms with E-state index in [0.29, 0.717) is 31.2 Å². The number of hydrogen-bond acceptors (Lipinski definition) is 5. The summed E-state index contributed by atoms with van der Waals surface area (Å²) in [6, 6.07) is 13.8. The van der Waals surface area contributed by atoms with Gasteiger partial charge in [-0.2, -0.15) is 0 Å². The topological polar surface area (TPSA) is 77.4 Å². The van der Waals surface area contributed by atoms with Crippen molar-refractivity contribution >= 4 is 28.5 Å². The molecule has 0 saturated carbocycles. The first-order chi connectivity index (χ1) is 17.0. The first-order valence-electron chi connectivity index (χ1n) is 12.3. The molecule has 3 aromatic rings. The SMILES string of the molecule is CCCn1c(CNC(=O)CC(C)Cc2cccc(OCCNCCOC)c2)nc2ccc(Cl)cc21. The molecule has 7 nitrogen and oxygen atoms in total. The van der Waals surface area contributed by atoms with Crippen molar-refractivity contribution in [2.75, 3.05) is 33.4 Å². The van der Waals surface area contributed by atoms with Crippen LogP contribution < -0.4 is 15.4 Å². The van der Waals surface area contributed by atoms with Crippen molar-refractivity contribution in [1.82, 2.24) is 20.2 Å². The smallest absolute Gasteiger partial charge is 0.220 e. The maximum absolute atomic E-state index is 12.7. The molecule has 190 valence electrons. The molecule has 1 amide bonds. The Kier molecular flexibility index (Phi) is 10.8. The normalized spacial score (nSPS) is 12.1. The van der Waals surface area contributed by atoms with E-state index in [1.165, 1.54) is 0 Å². The third-order valence-electron chi connectivity index (χ3n) is 5.73. The minimum atomic E-state index is 0.0279. The first kappa shape index (κ1) is 27.0. The Labute approximate surface area is 213 Å². The number of methoxy groups -OCH3 is 1. The highest BCUT2D eigenvalue weighted by Gasteiger charge is 2.14. The van der Waals surface area contributed by atoms with Crippen LogP contribution in [0.5, 0.6) is 5.75 Å². The molecule has 1 aromatic heterocycles. The number of nitrogens with zero attached hydrogens (tertiary/aromatic N) is 2. The van der Waals surface area contributed by atoms with Crippen LogP contribution >= 0.6 is 11.6 Å². The maximum Gasteiger partial charge on any atom is 0.220 e. The van der Waals surface area contributed by atoms with Crippen LogP contribution in [-0.4, -0.2) is 48.9 Å². The second-order valence-corrected chi connectivity index (χ2v) is 9.28. The number of nitrogens with one attached hydrogen (secondary N) is 2. The van der Waals surface area contributed by atoms with E-state index in [-0.39, 0.29) is 11.8 Å². The minimum absolute atomic E-state index is 0.0279. The van der Waals surface area contributed by atoms with Crippen molar-refractivity contribution in [3.63, 3.8) is 0 Å². The zero-order valence-corrected chi connectivity index (χ0v) is 21.7. The predicted molar refractivity (Wildman–Crippen MR) is 141 cm³/mol. The Morgan fingerprint density at radius 1 is 1.17 bits per heavy atom. The third-order valence-corrected chi connectivity index (χ3v) is 5.96. The molecule has 0 aliphatic rings. The van der Waals surface area contributed by atoms with Gasteiger partial charge in [-0.1, -0.05) is 37.6 Å². The van der Waals surface area contributed by atoms with E-state index in [0.717, 1.165) is 60.6 Å². The van der Waals surface area contributed by atoms with Crippen LogP contribution in [-0.2, 0) is 29.0 Å². The van der Waals surface area contributed by atoms with Crippen LogP contribution in [0, 0.1) is 5.92 Å².